The Bertz CT molecular complexity index is 530. The molecule has 0 saturated heterocycles. The summed E-state index contributed by atoms with van der Waals surface area (Å²) in [6, 6.07) is 0. The van der Waals surface area contributed by atoms with E-state index in [1.165, 1.54) is 0 Å². The quantitative estimate of drug-likeness (QED) is 0.316. The Kier molecular flexibility index (Phi) is 10.1. The minimum absolute atomic E-state index is 0.183. The molecule has 2 nitrogen and oxygen atoms in total. The number of aliphatic carboxylic acids is 1. The predicted octanol–water partition coefficient (Wildman–Crippen LogP) is 6.47. The molecule has 0 aliphatic heterocycles. The van der Waals surface area contributed by atoms with Crippen molar-refractivity contribution in [3.63, 3.8) is 0 Å². The molecule has 26 heavy (non-hydrogen) atoms. The smallest absolute Gasteiger partial charge is 0.389 e. The first-order valence-electron chi connectivity index (χ1n) is 9.24. The molecule has 0 amide bonds. The summed E-state index contributed by atoms with van der Waals surface area (Å²) in [6.45, 7) is 2.05. The highest BCUT2D eigenvalue weighted by Crippen LogP contribution is 2.39. The van der Waals surface area contributed by atoms with Crippen LogP contribution >= 0.6 is 0 Å². The van der Waals surface area contributed by atoms with Gasteiger partial charge in [-0.3, -0.25) is 4.79 Å². The lowest BCUT2D eigenvalue weighted by Crippen LogP contribution is -2.05. The van der Waals surface area contributed by atoms with Crippen LogP contribution in [0.4, 0.5) is 13.2 Å². The van der Waals surface area contributed by atoms with Crippen LogP contribution in [0.5, 0.6) is 0 Å². The second-order valence-corrected chi connectivity index (χ2v) is 6.79. The maximum absolute atomic E-state index is 12.0. The van der Waals surface area contributed by atoms with E-state index < -0.39 is 18.6 Å². The molecule has 1 rings (SSSR count). The molecular weight excluding hydrogens is 341 g/mol. The number of alkyl halides is 3. The molecular formula is C21H29F3O2. The van der Waals surface area contributed by atoms with Crippen molar-refractivity contribution in [1.82, 2.24) is 0 Å². The third-order valence-electron chi connectivity index (χ3n) is 4.21. The van der Waals surface area contributed by atoms with Crippen LogP contribution in [0, 0.1) is 17.8 Å². The van der Waals surface area contributed by atoms with Crippen molar-refractivity contribution in [2.24, 2.45) is 17.8 Å². The predicted molar refractivity (Wildman–Crippen MR) is 98.7 cm³/mol. The summed E-state index contributed by atoms with van der Waals surface area (Å²) >= 11 is 0. The average Bonchev–Trinajstić information content (AvgIpc) is 3.32. The van der Waals surface area contributed by atoms with Crippen molar-refractivity contribution in [2.45, 2.75) is 58.0 Å². The van der Waals surface area contributed by atoms with Gasteiger partial charge in [0.2, 0.25) is 0 Å². The molecule has 0 radical (unpaired) electrons. The van der Waals surface area contributed by atoms with Crippen LogP contribution < -0.4 is 0 Å². The number of carboxylic acid groups (broad SMARTS) is 1. The Morgan fingerprint density at radius 3 is 2.35 bits per heavy atom. The molecule has 1 fully saturated rings. The fourth-order valence-electron chi connectivity index (χ4n) is 2.57. The standard InChI is InChI=1S/C21H29F3O2/c1-17(13-9-6-7-11-15-21(22,23)24)12-8-4-2-3-5-10-14-18-16-19(18)20(25)26/h2-3,8-10,12-14,17-19H,4-7,11,15-16H2,1H3,(H,25,26)/b3-2-,12-8-,13-9-,14-10-/t17-,18?,19?/m1/s1. The highest BCUT2D eigenvalue weighted by molar-refractivity contribution is 5.73. The van der Waals surface area contributed by atoms with E-state index in [0.29, 0.717) is 12.8 Å². The monoisotopic (exact) mass is 370 g/mol. The van der Waals surface area contributed by atoms with Gasteiger partial charge in [0.05, 0.1) is 5.92 Å². The van der Waals surface area contributed by atoms with E-state index in [2.05, 4.69) is 24.3 Å². The zero-order chi connectivity index (χ0) is 19.4. The minimum Gasteiger partial charge on any atom is -0.481 e. The molecule has 0 aromatic carbocycles. The van der Waals surface area contributed by atoms with E-state index in [0.717, 1.165) is 19.3 Å². The van der Waals surface area contributed by atoms with Crippen LogP contribution in [-0.2, 0) is 4.79 Å². The summed E-state index contributed by atoms with van der Waals surface area (Å²) in [4.78, 5) is 10.7. The number of allylic oxidation sites excluding steroid dienone is 8. The number of hydrogen-bond acceptors (Lipinski definition) is 1. The van der Waals surface area contributed by atoms with Crippen molar-refractivity contribution in [3.8, 4) is 0 Å². The fourth-order valence-corrected chi connectivity index (χ4v) is 2.57. The van der Waals surface area contributed by atoms with Crippen molar-refractivity contribution in [1.29, 1.82) is 0 Å². The SMILES string of the molecule is C[C@H](/C=C\C/C=C\C/C=C\C1CC1C(=O)O)/C=C\CCCCC(F)(F)F. The van der Waals surface area contributed by atoms with Crippen molar-refractivity contribution < 1.29 is 23.1 Å². The third-order valence-corrected chi connectivity index (χ3v) is 4.21. The van der Waals surface area contributed by atoms with Gasteiger partial charge in [0, 0.05) is 6.42 Å². The normalized spacial score (nSPS) is 22.2. The first-order valence-corrected chi connectivity index (χ1v) is 9.24. The lowest BCUT2D eigenvalue weighted by molar-refractivity contribution is -0.139. The molecule has 3 atom stereocenters. The van der Waals surface area contributed by atoms with Gasteiger partial charge in [0.15, 0.2) is 0 Å². The molecule has 0 bridgehead atoms. The Hall–Kier alpha value is -1.78. The Balaban J connectivity index is 2.03. The lowest BCUT2D eigenvalue weighted by atomic mass is 10.1. The minimum atomic E-state index is -4.04. The zero-order valence-corrected chi connectivity index (χ0v) is 15.3. The Labute approximate surface area is 154 Å². The van der Waals surface area contributed by atoms with Gasteiger partial charge in [-0.05, 0) is 50.4 Å². The van der Waals surface area contributed by atoms with Gasteiger partial charge >= 0.3 is 12.1 Å². The van der Waals surface area contributed by atoms with Gasteiger partial charge in [0.25, 0.3) is 0 Å². The van der Waals surface area contributed by atoms with E-state index in [4.69, 9.17) is 5.11 Å². The first kappa shape index (κ1) is 22.3. The van der Waals surface area contributed by atoms with Crippen LogP contribution in [0.25, 0.3) is 0 Å². The Morgan fingerprint density at radius 1 is 1.08 bits per heavy atom. The second-order valence-electron chi connectivity index (χ2n) is 6.79. The number of carbonyl (C=O) groups is 1. The maximum Gasteiger partial charge on any atom is 0.389 e. The molecule has 0 heterocycles. The molecule has 1 saturated carbocycles. The second kappa shape index (κ2) is 11.8. The van der Waals surface area contributed by atoms with E-state index in [1.807, 2.05) is 31.2 Å². The number of rotatable bonds is 12. The number of halogens is 3. The van der Waals surface area contributed by atoms with Crippen molar-refractivity contribution in [3.05, 3.63) is 48.6 Å². The van der Waals surface area contributed by atoms with Crippen LogP contribution in [0.3, 0.4) is 0 Å². The maximum atomic E-state index is 12.0. The molecule has 5 heteroatoms. The first-order chi connectivity index (χ1) is 12.3. The highest BCUT2D eigenvalue weighted by atomic mass is 19.4. The molecule has 2 unspecified atom stereocenters. The molecule has 0 aromatic rings. The third kappa shape index (κ3) is 11.7. The molecule has 0 spiro atoms. The fraction of sp³-hybridized carbons (Fsp3) is 0.571. The van der Waals surface area contributed by atoms with E-state index in [-0.39, 0.29) is 24.2 Å². The molecule has 0 aromatic heterocycles. The van der Waals surface area contributed by atoms with Gasteiger partial charge in [-0.25, -0.2) is 0 Å². The van der Waals surface area contributed by atoms with Gasteiger partial charge in [-0.1, -0.05) is 55.5 Å². The van der Waals surface area contributed by atoms with Gasteiger partial charge in [-0.15, -0.1) is 0 Å². The molecule has 1 aliphatic carbocycles. The van der Waals surface area contributed by atoms with Crippen LogP contribution in [0.15, 0.2) is 48.6 Å². The zero-order valence-electron chi connectivity index (χ0n) is 15.3. The topological polar surface area (TPSA) is 37.3 Å². The number of unbranched alkanes of at least 4 members (excludes halogenated alkanes) is 2. The Morgan fingerprint density at radius 2 is 1.73 bits per heavy atom. The molecule has 146 valence electrons. The summed E-state index contributed by atoms with van der Waals surface area (Å²) in [5, 5.41) is 8.79. The van der Waals surface area contributed by atoms with Crippen LogP contribution in [-0.4, -0.2) is 17.3 Å². The van der Waals surface area contributed by atoms with Gasteiger partial charge in [-0.2, -0.15) is 13.2 Å². The number of hydrogen-bond donors (Lipinski definition) is 1. The summed E-state index contributed by atoms with van der Waals surface area (Å²) < 4.78 is 36.0. The summed E-state index contributed by atoms with van der Waals surface area (Å²) in [6.07, 6.45) is 15.3. The number of carboxylic acids is 1. The van der Waals surface area contributed by atoms with Crippen molar-refractivity contribution >= 4 is 5.97 Å². The summed E-state index contributed by atoms with van der Waals surface area (Å²) in [5.41, 5.74) is 0. The summed E-state index contributed by atoms with van der Waals surface area (Å²) in [5.74, 6) is -0.405. The van der Waals surface area contributed by atoms with Crippen LogP contribution in [0.1, 0.15) is 51.9 Å². The highest BCUT2D eigenvalue weighted by Gasteiger charge is 2.40. The molecule has 1 aliphatic rings. The average molecular weight is 370 g/mol. The van der Waals surface area contributed by atoms with Gasteiger partial charge in [0.1, 0.15) is 0 Å². The van der Waals surface area contributed by atoms with E-state index in [1.54, 1.807) is 0 Å². The van der Waals surface area contributed by atoms with E-state index in [9.17, 15) is 18.0 Å². The van der Waals surface area contributed by atoms with E-state index >= 15 is 0 Å². The van der Waals surface area contributed by atoms with Crippen molar-refractivity contribution in [2.75, 3.05) is 0 Å². The lowest BCUT2D eigenvalue weighted by Gasteiger charge is -2.04. The van der Waals surface area contributed by atoms with Crippen LogP contribution in [0.2, 0.25) is 0 Å². The largest absolute Gasteiger partial charge is 0.481 e. The molecule has 1 N–H and O–H groups in total. The summed E-state index contributed by atoms with van der Waals surface area (Å²) in [7, 11) is 0. The van der Waals surface area contributed by atoms with Gasteiger partial charge < -0.3 is 5.11 Å².